The average molecular weight is 294 g/mol. The molecule has 0 amide bonds. The highest BCUT2D eigenvalue weighted by atomic mass is 16.4. The molecular weight excluding hydrogens is 276 g/mol. The summed E-state index contributed by atoms with van der Waals surface area (Å²) in [5, 5.41) is 10.0. The number of rotatable bonds is 4. The Morgan fingerprint density at radius 2 is 2.05 bits per heavy atom. The summed E-state index contributed by atoms with van der Waals surface area (Å²) in [6, 6.07) is 13.5. The van der Waals surface area contributed by atoms with Gasteiger partial charge in [0.25, 0.3) is 0 Å². The fourth-order valence-electron chi connectivity index (χ4n) is 2.76. The molecule has 3 rings (SSSR count). The predicted octanol–water partition coefficient (Wildman–Crippen LogP) is 3.10. The first-order valence-corrected chi connectivity index (χ1v) is 7.20. The van der Waals surface area contributed by atoms with Gasteiger partial charge in [-0.15, -0.1) is 0 Å². The third-order valence-corrected chi connectivity index (χ3v) is 3.89. The standard InChI is InChI=1S/C18H18N2O2/c1-11-4-2-5-12(8-11)14-6-3-7-15-13(10-20-17(14)15)9-16(19)18(21)22/h2-8,10,16,20H,9,19H2,1H3,(H,21,22)/t16-/m0/s1. The summed E-state index contributed by atoms with van der Waals surface area (Å²) >= 11 is 0. The molecule has 0 unspecified atom stereocenters. The van der Waals surface area contributed by atoms with Crippen LogP contribution in [0.3, 0.4) is 0 Å². The van der Waals surface area contributed by atoms with E-state index in [-0.39, 0.29) is 0 Å². The van der Waals surface area contributed by atoms with Gasteiger partial charge in [0.2, 0.25) is 0 Å². The largest absolute Gasteiger partial charge is 0.480 e. The number of aryl methyl sites for hydroxylation is 1. The molecule has 1 heterocycles. The zero-order valence-corrected chi connectivity index (χ0v) is 12.3. The lowest BCUT2D eigenvalue weighted by Crippen LogP contribution is -2.32. The molecule has 4 heteroatoms. The molecular formula is C18H18N2O2. The third kappa shape index (κ3) is 2.61. The van der Waals surface area contributed by atoms with E-state index >= 15 is 0 Å². The molecule has 0 saturated carbocycles. The van der Waals surface area contributed by atoms with Gasteiger partial charge in [-0.05, 0) is 18.1 Å². The van der Waals surface area contributed by atoms with Gasteiger partial charge in [0.1, 0.15) is 6.04 Å². The quantitative estimate of drug-likeness (QED) is 0.691. The van der Waals surface area contributed by atoms with Crippen LogP contribution in [0.4, 0.5) is 0 Å². The van der Waals surface area contributed by atoms with Gasteiger partial charge in [-0.25, -0.2) is 0 Å². The van der Waals surface area contributed by atoms with E-state index in [1.54, 1.807) is 0 Å². The number of para-hydroxylation sites is 1. The van der Waals surface area contributed by atoms with Crippen molar-refractivity contribution in [2.75, 3.05) is 0 Å². The SMILES string of the molecule is Cc1cccc(-c2cccc3c(C[C@H](N)C(=O)O)c[nH]c23)c1. The Hall–Kier alpha value is -2.59. The first-order valence-electron chi connectivity index (χ1n) is 7.20. The summed E-state index contributed by atoms with van der Waals surface area (Å²) in [6.07, 6.45) is 2.17. The number of nitrogens with two attached hydrogens (primary N) is 1. The second-order valence-electron chi connectivity index (χ2n) is 5.56. The molecule has 0 spiro atoms. The van der Waals surface area contributed by atoms with Gasteiger partial charge in [-0.1, -0.05) is 48.0 Å². The molecule has 4 N–H and O–H groups in total. The minimum Gasteiger partial charge on any atom is -0.480 e. The Morgan fingerprint density at radius 3 is 2.77 bits per heavy atom. The number of carboxylic acid groups (broad SMARTS) is 1. The Labute approximate surface area is 128 Å². The first-order chi connectivity index (χ1) is 10.6. The predicted molar refractivity (Wildman–Crippen MR) is 87.8 cm³/mol. The van der Waals surface area contributed by atoms with E-state index < -0.39 is 12.0 Å². The number of fused-ring (bicyclic) bond motifs is 1. The number of aliphatic carboxylic acids is 1. The highest BCUT2D eigenvalue weighted by Crippen LogP contribution is 2.30. The van der Waals surface area contributed by atoms with E-state index in [9.17, 15) is 4.79 Å². The highest BCUT2D eigenvalue weighted by Gasteiger charge is 2.16. The maximum atomic E-state index is 11.0. The molecule has 2 aromatic carbocycles. The molecule has 1 atom stereocenters. The lowest BCUT2D eigenvalue weighted by Gasteiger charge is -2.07. The molecule has 22 heavy (non-hydrogen) atoms. The fraction of sp³-hybridized carbons (Fsp3) is 0.167. The number of benzene rings is 2. The van der Waals surface area contributed by atoms with Crippen LogP contribution in [-0.2, 0) is 11.2 Å². The number of hydrogen-bond donors (Lipinski definition) is 3. The molecule has 0 aliphatic heterocycles. The molecule has 3 aromatic rings. The molecule has 0 fully saturated rings. The van der Waals surface area contributed by atoms with Crippen molar-refractivity contribution in [3.05, 3.63) is 59.8 Å². The van der Waals surface area contributed by atoms with Crippen molar-refractivity contribution in [1.82, 2.24) is 4.98 Å². The molecule has 112 valence electrons. The Bertz CT molecular complexity index is 836. The first kappa shape index (κ1) is 14.4. The van der Waals surface area contributed by atoms with E-state index in [1.165, 1.54) is 5.56 Å². The minimum absolute atomic E-state index is 0.312. The normalized spacial score (nSPS) is 12.5. The van der Waals surface area contributed by atoms with Gasteiger partial charge in [0.05, 0.1) is 5.52 Å². The van der Waals surface area contributed by atoms with Crippen molar-refractivity contribution in [3.63, 3.8) is 0 Å². The Balaban J connectivity index is 2.08. The Kier molecular flexibility index (Phi) is 3.69. The van der Waals surface area contributed by atoms with Crippen LogP contribution in [0.5, 0.6) is 0 Å². The van der Waals surface area contributed by atoms with E-state index in [0.717, 1.165) is 27.6 Å². The lowest BCUT2D eigenvalue weighted by molar-refractivity contribution is -0.138. The van der Waals surface area contributed by atoms with Gasteiger partial charge in [-0.3, -0.25) is 4.79 Å². The number of aromatic nitrogens is 1. The van der Waals surface area contributed by atoms with E-state index in [2.05, 4.69) is 36.2 Å². The van der Waals surface area contributed by atoms with Crippen molar-refractivity contribution in [1.29, 1.82) is 0 Å². The summed E-state index contributed by atoms with van der Waals surface area (Å²) < 4.78 is 0. The summed E-state index contributed by atoms with van der Waals surface area (Å²) in [6.45, 7) is 2.07. The van der Waals surface area contributed by atoms with E-state index in [0.29, 0.717) is 6.42 Å². The van der Waals surface area contributed by atoms with Crippen molar-refractivity contribution in [2.24, 2.45) is 5.73 Å². The zero-order chi connectivity index (χ0) is 15.7. The van der Waals surface area contributed by atoms with Crippen LogP contribution < -0.4 is 5.73 Å². The van der Waals surface area contributed by atoms with Gasteiger partial charge >= 0.3 is 5.97 Å². The zero-order valence-electron chi connectivity index (χ0n) is 12.3. The fourth-order valence-corrected chi connectivity index (χ4v) is 2.76. The van der Waals surface area contributed by atoms with Gasteiger partial charge in [-0.2, -0.15) is 0 Å². The van der Waals surface area contributed by atoms with E-state index in [1.807, 2.05) is 24.4 Å². The molecule has 0 aliphatic rings. The molecule has 0 saturated heterocycles. The van der Waals surface area contributed by atoms with Crippen LogP contribution in [0.1, 0.15) is 11.1 Å². The second-order valence-corrected chi connectivity index (χ2v) is 5.56. The van der Waals surface area contributed by atoms with Crippen LogP contribution in [0.2, 0.25) is 0 Å². The topological polar surface area (TPSA) is 79.1 Å². The number of H-pyrrole nitrogens is 1. The monoisotopic (exact) mass is 294 g/mol. The number of nitrogens with one attached hydrogen (secondary N) is 1. The number of hydrogen-bond acceptors (Lipinski definition) is 2. The maximum absolute atomic E-state index is 11.0. The third-order valence-electron chi connectivity index (χ3n) is 3.89. The molecule has 0 aliphatic carbocycles. The van der Waals surface area contributed by atoms with Crippen molar-refractivity contribution < 1.29 is 9.90 Å². The van der Waals surface area contributed by atoms with Crippen molar-refractivity contribution in [2.45, 2.75) is 19.4 Å². The average Bonchev–Trinajstić information content (AvgIpc) is 2.90. The molecule has 0 bridgehead atoms. The maximum Gasteiger partial charge on any atom is 0.320 e. The van der Waals surface area contributed by atoms with E-state index in [4.69, 9.17) is 10.8 Å². The summed E-state index contributed by atoms with van der Waals surface area (Å²) in [5.41, 5.74) is 11.0. The van der Waals surface area contributed by atoms with Crippen LogP contribution in [-0.4, -0.2) is 22.1 Å². The van der Waals surface area contributed by atoms with Crippen molar-refractivity contribution >= 4 is 16.9 Å². The smallest absolute Gasteiger partial charge is 0.320 e. The molecule has 0 radical (unpaired) electrons. The number of carbonyl (C=O) groups is 1. The van der Waals surface area contributed by atoms with Crippen molar-refractivity contribution in [3.8, 4) is 11.1 Å². The second kappa shape index (κ2) is 5.66. The van der Waals surface area contributed by atoms with Crippen LogP contribution in [0, 0.1) is 6.92 Å². The van der Waals surface area contributed by atoms with Gasteiger partial charge < -0.3 is 15.8 Å². The summed E-state index contributed by atoms with van der Waals surface area (Å²) in [7, 11) is 0. The highest BCUT2D eigenvalue weighted by molar-refractivity contribution is 5.96. The molecule has 1 aromatic heterocycles. The number of aromatic amines is 1. The van der Waals surface area contributed by atoms with Crippen LogP contribution in [0.15, 0.2) is 48.7 Å². The van der Waals surface area contributed by atoms with Crippen LogP contribution >= 0.6 is 0 Å². The molecule has 4 nitrogen and oxygen atoms in total. The summed E-state index contributed by atoms with van der Waals surface area (Å²) in [5.74, 6) is -0.982. The Morgan fingerprint density at radius 1 is 1.27 bits per heavy atom. The minimum atomic E-state index is -0.982. The lowest BCUT2D eigenvalue weighted by atomic mass is 9.99. The number of carboxylic acids is 1. The summed E-state index contributed by atoms with van der Waals surface area (Å²) in [4.78, 5) is 14.2. The van der Waals surface area contributed by atoms with Gasteiger partial charge in [0, 0.05) is 23.6 Å². The van der Waals surface area contributed by atoms with Gasteiger partial charge in [0.15, 0.2) is 0 Å². The van der Waals surface area contributed by atoms with Crippen LogP contribution in [0.25, 0.3) is 22.0 Å².